The van der Waals surface area contributed by atoms with Crippen molar-refractivity contribution in [1.82, 2.24) is 10.2 Å². The average molecular weight is 401 g/mol. The predicted octanol–water partition coefficient (Wildman–Crippen LogP) is 3.52. The van der Waals surface area contributed by atoms with Gasteiger partial charge in [-0.3, -0.25) is 4.79 Å². The Morgan fingerprint density at radius 3 is 2.86 bits per heavy atom. The number of para-hydroxylation sites is 1. The summed E-state index contributed by atoms with van der Waals surface area (Å²) in [4.78, 5) is 27.7. The molecule has 1 unspecified atom stereocenters. The number of benzene rings is 1. The molecule has 2 aliphatic rings. The predicted molar refractivity (Wildman–Crippen MR) is 107 cm³/mol. The van der Waals surface area contributed by atoms with Crippen molar-refractivity contribution in [3.8, 4) is 5.75 Å². The number of thiophene rings is 1. The Kier molecular flexibility index (Phi) is 5.13. The van der Waals surface area contributed by atoms with E-state index in [9.17, 15) is 9.59 Å². The third-order valence-corrected chi connectivity index (χ3v) is 6.04. The number of nitrogens with zero attached hydrogens (tertiary/aromatic N) is 1. The molecule has 8 heteroatoms. The van der Waals surface area contributed by atoms with Gasteiger partial charge in [0.25, 0.3) is 5.91 Å². The molecule has 148 valence electrons. The van der Waals surface area contributed by atoms with Crippen LogP contribution in [0.3, 0.4) is 0 Å². The highest BCUT2D eigenvalue weighted by molar-refractivity contribution is 7.16. The summed E-state index contributed by atoms with van der Waals surface area (Å²) in [6, 6.07) is 7.69. The number of hydrogen-bond donors (Lipinski definition) is 2. The lowest BCUT2D eigenvalue weighted by Crippen LogP contribution is -2.39. The lowest BCUT2D eigenvalue weighted by molar-refractivity contribution is 0.0933. The molecule has 0 saturated heterocycles. The van der Waals surface area contributed by atoms with Crippen molar-refractivity contribution in [2.45, 2.75) is 33.0 Å². The number of nitrogens with one attached hydrogen (secondary N) is 2. The van der Waals surface area contributed by atoms with E-state index < -0.39 is 0 Å². The highest BCUT2D eigenvalue weighted by Gasteiger charge is 2.35. The van der Waals surface area contributed by atoms with E-state index >= 15 is 0 Å². The molecule has 0 fully saturated rings. The molecule has 0 saturated carbocycles. The van der Waals surface area contributed by atoms with Gasteiger partial charge in [-0.1, -0.05) is 18.2 Å². The molecule has 2 aliphatic heterocycles. The molecule has 0 radical (unpaired) electrons. The molecular formula is C20H23N3O4S. The largest absolute Gasteiger partial charge is 0.493 e. The lowest BCUT2D eigenvalue weighted by Gasteiger charge is -2.29. The van der Waals surface area contributed by atoms with Crippen LogP contribution in [0.2, 0.25) is 0 Å². The topological polar surface area (TPSA) is 79.9 Å². The molecule has 1 atom stereocenters. The van der Waals surface area contributed by atoms with Crippen molar-refractivity contribution in [3.63, 3.8) is 0 Å². The quantitative estimate of drug-likeness (QED) is 0.820. The standard InChI is InChI=1S/C20H23N3O4S/c1-3-26-14-8-6-5-7-12(14)17-21-18(24)16-13-9-10-23(20(25)27-4-2)11-15(13)28-19(16)22-17/h5-8,17,22H,3-4,9-11H2,1-2H3,(H,21,24). The summed E-state index contributed by atoms with van der Waals surface area (Å²) in [5.41, 5.74) is 2.62. The van der Waals surface area contributed by atoms with E-state index in [0.717, 1.165) is 26.8 Å². The summed E-state index contributed by atoms with van der Waals surface area (Å²) in [6.45, 7) is 5.67. The molecule has 2 aromatic rings. The Labute approximate surface area is 167 Å². The van der Waals surface area contributed by atoms with E-state index in [1.807, 2.05) is 31.2 Å². The molecular weight excluding hydrogens is 378 g/mol. The second-order valence-corrected chi connectivity index (χ2v) is 7.71. The fourth-order valence-electron chi connectivity index (χ4n) is 3.65. The number of rotatable bonds is 4. The highest BCUT2D eigenvalue weighted by Crippen LogP contribution is 2.41. The number of carbonyl (C=O) groups is 2. The zero-order valence-electron chi connectivity index (χ0n) is 15.9. The fraction of sp³-hybridized carbons (Fsp3) is 0.400. The smallest absolute Gasteiger partial charge is 0.410 e. The van der Waals surface area contributed by atoms with Crippen molar-refractivity contribution >= 4 is 28.3 Å². The maximum Gasteiger partial charge on any atom is 0.410 e. The molecule has 3 heterocycles. The van der Waals surface area contributed by atoms with Gasteiger partial charge >= 0.3 is 6.09 Å². The van der Waals surface area contributed by atoms with Crippen molar-refractivity contribution in [2.75, 3.05) is 25.1 Å². The van der Waals surface area contributed by atoms with E-state index in [4.69, 9.17) is 9.47 Å². The second kappa shape index (κ2) is 7.71. The SMILES string of the molecule is CCOC(=O)N1CCc2c(sc3c2C(=O)NC(c2ccccc2OCC)N3)C1. The Morgan fingerprint density at radius 1 is 1.25 bits per heavy atom. The van der Waals surface area contributed by atoms with Crippen LogP contribution < -0.4 is 15.4 Å². The molecule has 2 N–H and O–H groups in total. The van der Waals surface area contributed by atoms with Crippen LogP contribution in [0.15, 0.2) is 24.3 Å². The molecule has 0 bridgehead atoms. The molecule has 2 amide bonds. The Balaban J connectivity index is 1.61. The van der Waals surface area contributed by atoms with Gasteiger partial charge in [-0.15, -0.1) is 11.3 Å². The summed E-state index contributed by atoms with van der Waals surface area (Å²) in [7, 11) is 0. The molecule has 7 nitrogen and oxygen atoms in total. The summed E-state index contributed by atoms with van der Waals surface area (Å²) < 4.78 is 10.8. The third-order valence-electron chi connectivity index (χ3n) is 4.89. The summed E-state index contributed by atoms with van der Waals surface area (Å²) in [6.07, 6.45) is -0.0144. The van der Waals surface area contributed by atoms with Crippen LogP contribution in [-0.4, -0.2) is 36.7 Å². The van der Waals surface area contributed by atoms with E-state index in [0.29, 0.717) is 38.3 Å². The number of fused-ring (bicyclic) bond motifs is 3. The Hall–Kier alpha value is -2.74. The van der Waals surface area contributed by atoms with Gasteiger partial charge in [0.05, 0.1) is 25.3 Å². The van der Waals surface area contributed by atoms with E-state index in [1.54, 1.807) is 11.8 Å². The van der Waals surface area contributed by atoms with Crippen molar-refractivity contribution in [3.05, 3.63) is 45.8 Å². The number of amides is 2. The first-order chi connectivity index (χ1) is 13.6. The number of carbonyl (C=O) groups excluding carboxylic acids is 2. The first-order valence-corrected chi connectivity index (χ1v) is 10.3. The van der Waals surface area contributed by atoms with Gasteiger partial charge in [-0.2, -0.15) is 0 Å². The maximum atomic E-state index is 12.9. The summed E-state index contributed by atoms with van der Waals surface area (Å²) in [5, 5.41) is 7.33. The second-order valence-electron chi connectivity index (χ2n) is 6.60. The number of hydrogen-bond acceptors (Lipinski definition) is 6. The average Bonchev–Trinajstić information content (AvgIpc) is 3.07. The minimum Gasteiger partial charge on any atom is -0.493 e. The van der Waals surface area contributed by atoms with Gasteiger partial charge < -0.3 is 25.0 Å². The van der Waals surface area contributed by atoms with Crippen molar-refractivity contribution in [1.29, 1.82) is 0 Å². The van der Waals surface area contributed by atoms with Crippen molar-refractivity contribution in [2.24, 2.45) is 0 Å². The van der Waals surface area contributed by atoms with E-state index in [-0.39, 0.29) is 18.2 Å². The maximum absolute atomic E-state index is 12.9. The minimum absolute atomic E-state index is 0.0906. The first-order valence-electron chi connectivity index (χ1n) is 9.47. The lowest BCUT2D eigenvalue weighted by atomic mass is 10.0. The molecule has 28 heavy (non-hydrogen) atoms. The van der Waals surface area contributed by atoms with Gasteiger partial charge in [0, 0.05) is 17.0 Å². The first kappa shape index (κ1) is 18.6. The fourth-order valence-corrected chi connectivity index (χ4v) is 4.94. The van der Waals surface area contributed by atoms with Gasteiger partial charge in [0.15, 0.2) is 0 Å². The monoisotopic (exact) mass is 401 g/mol. The van der Waals surface area contributed by atoms with Crippen LogP contribution in [-0.2, 0) is 17.7 Å². The zero-order valence-corrected chi connectivity index (χ0v) is 16.7. The van der Waals surface area contributed by atoms with Gasteiger partial charge in [-0.05, 0) is 31.9 Å². The molecule has 0 aliphatic carbocycles. The van der Waals surface area contributed by atoms with Gasteiger partial charge in [0.1, 0.15) is 16.9 Å². The van der Waals surface area contributed by atoms with Crippen LogP contribution in [0, 0.1) is 0 Å². The van der Waals surface area contributed by atoms with Gasteiger partial charge in [-0.25, -0.2) is 4.79 Å². The normalized spacial score (nSPS) is 17.9. The van der Waals surface area contributed by atoms with Crippen LogP contribution in [0.5, 0.6) is 5.75 Å². The number of ether oxygens (including phenoxy) is 2. The van der Waals surface area contributed by atoms with Crippen molar-refractivity contribution < 1.29 is 19.1 Å². The van der Waals surface area contributed by atoms with Crippen LogP contribution in [0.25, 0.3) is 0 Å². The van der Waals surface area contributed by atoms with Crippen LogP contribution in [0.1, 0.15) is 46.4 Å². The Morgan fingerprint density at radius 2 is 2.07 bits per heavy atom. The zero-order chi connectivity index (χ0) is 19.7. The minimum atomic E-state index is -0.357. The van der Waals surface area contributed by atoms with Crippen LogP contribution in [0.4, 0.5) is 9.80 Å². The summed E-state index contributed by atoms with van der Waals surface area (Å²) in [5.74, 6) is 0.660. The highest BCUT2D eigenvalue weighted by atomic mass is 32.1. The van der Waals surface area contributed by atoms with Gasteiger partial charge in [0.2, 0.25) is 0 Å². The van der Waals surface area contributed by atoms with Crippen LogP contribution >= 0.6 is 11.3 Å². The summed E-state index contributed by atoms with van der Waals surface area (Å²) >= 11 is 1.54. The Bertz CT molecular complexity index is 911. The molecule has 4 rings (SSSR count). The number of anilines is 1. The third kappa shape index (κ3) is 3.28. The molecule has 1 aromatic heterocycles. The van der Waals surface area contributed by atoms with E-state index in [2.05, 4.69) is 10.6 Å². The molecule has 1 aromatic carbocycles. The molecule has 0 spiro atoms. The van der Waals surface area contributed by atoms with E-state index in [1.165, 1.54) is 11.3 Å².